The van der Waals surface area contributed by atoms with Crippen LogP contribution in [0.1, 0.15) is 35.3 Å². The van der Waals surface area contributed by atoms with Gasteiger partial charge in [0.2, 0.25) is 0 Å². The molecule has 2 aromatic rings. The highest BCUT2D eigenvalue weighted by atomic mass is 79.9. The highest BCUT2D eigenvalue weighted by molar-refractivity contribution is 9.10. The monoisotopic (exact) mass is 332 g/mol. The van der Waals surface area contributed by atoms with Crippen molar-refractivity contribution in [3.05, 3.63) is 63.6 Å². The fourth-order valence-electron chi connectivity index (χ4n) is 1.94. The third kappa shape index (κ3) is 3.48. The Balaban J connectivity index is 2.33. The largest absolute Gasteiger partial charge is 0.491 e. The van der Waals surface area contributed by atoms with E-state index in [1.54, 1.807) is 6.07 Å². The summed E-state index contributed by atoms with van der Waals surface area (Å²) in [5, 5.41) is 0. The Bertz CT molecular complexity index is 633. The number of hydrogen-bond acceptors (Lipinski definition) is 2. The molecular weight excluding hydrogens is 316 g/mol. The van der Waals surface area contributed by atoms with E-state index in [0.717, 1.165) is 10.0 Å². The Morgan fingerprint density at radius 2 is 1.90 bits per heavy atom. The minimum atomic E-state index is -0.00826. The van der Waals surface area contributed by atoms with Crippen molar-refractivity contribution in [1.29, 1.82) is 0 Å². The Labute approximate surface area is 127 Å². The van der Waals surface area contributed by atoms with Crippen LogP contribution in [-0.4, -0.2) is 11.9 Å². The number of aryl methyl sites for hydroxylation is 1. The first-order valence-electron chi connectivity index (χ1n) is 6.55. The highest BCUT2D eigenvalue weighted by Gasteiger charge is 2.13. The molecule has 0 heterocycles. The lowest BCUT2D eigenvalue weighted by Gasteiger charge is -2.11. The fourth-order valence-corrected chi connectivity index (χ4v) is 2.62. The smallest absolute Gasteiger partial charge is 0.194 e. The van der Waals surface area contributed by atoms with Crippen LogP contribution >= 0.6 is 15.9 Å². The molecule has 20 heavy (non-hydrogen) atoms. The van der Waals surface area contributed by atoms with Crippen LogP contribution in [0.3, 0.4) is 0 Å². The predicted octanol–water partition coefficient (Wildman–Crippen LogP) is 4.78. The van der Waals surface area contributed by atoms with Crippen LogP contribution in [0.2, 0.25) is 0 Å². The van der Waals surface area contributed by atoms with E-state index in [9.17, 15) is 4.79 Å². The molecule has 0 atom stereocenters. The number of rotatable bonds is 4. The van der Waals surface area contributed by atoms with Gasteiger partial charge in [0.1, 0.15) is 5.75 Å². The summed E-state index contributed by atoms with van der Waals surface area (Å²) in [5.41, 5.74) is 2.41. The number of ether oxygens (including phenoxy) is 1. The van der Waals surface area contributed by atoms with E-state index in [2.05, 4.69) is 15.9 Å². The van der Waals surface area contributed by atoms with Gasteiger partial charge in [0, 0.05) is 15.6 Å². The maximum atomic E-state index is 12.5. The van der Waals surface area contributed by atoms with E-state index in [1.807, 2.05) is 57.2 Å². The second-order valence-corrected chi connectivity index (χ2v) is 5.86. The Morgan fingerprint density at radius 3 is 2.55 bits per heavy atom. The van der Waals surface area contributed by atoms with E-state index in [-0.39, 0.29) is 11.9 Å². The van der Waals surface area contributed by atoms with Gasteiger partial charge in [0.05, 0.1) is 6.10 Å². The first kappa shape index (κ1) is 14.8. The first-order chi connectivity index (χ1) is 9.47. The topological polar surface area (TPSA) is 26.3 Å². The van der Waals surface area contributed by atoms with Crippen molar-refractivity contribution in [3.8, 4) is 5.75 Å². The van der Waals surface area contributed by atoms with Crippen molar-refractivity contribution in [2.75, 3.05) is 0 Å². The molecular formula is C17H17BrO2. The first-order valence-corrected chi connectivity index (χ1v) is 7.34. The molecule has 0 aliphatic carbocycles. The quantitative estimate of drug-likeness (QED) is 0.753. The lowest BCUT2D eigenvalue weighted by molar-refractivity contribution is 0.103. The van der Waals surface area contributed by atoms with Crippen molar-refractivity contribution in [2.24, 2.45) is 0 Å². The van der Waals surface area contributed by atoms with E-state index in [0.29, 0.717) is 16.9 Å². The van der Waals surface area contributed by atoms with Crippen molar-refractivity contribution >= 4 is 21.7 Å². The zero-order valence-electron chi connectivity index (χ0n) is 11.8. The van der Waals surface area contributed by atoms with Gasteiger partial charge in [0.15, 0.2) is 5.78 Å². The fraction of sp³-hybridized carbons (Fsp3) is 0.235. The van der Waals surface area contributed by atoms with Crippen LogP contribution in [0.5, 0.6) is 5.75 Å². The zero-order valence-corrected chi connectivity index (χ0v) is 13.4. The summed E-state index contributed by atoms with van der Waals surface area (Å²) in [4.78, 5) is 12.5. The SMILES string of the molecule is Cc1ccc(C(=O)c2cccc(OC(C)C)c2)c(Br)c1. The molecule has 0 unspecified atom stereocenters. The van der Waals surface area contributed by atoms with Gasteiger partial charge in [-0.25, -0.2) is 0 Å². The van der Waals surface area contributed by atoms with Crippen molar-refractivity contribution < 1.29 is 9.53 Å². The molecule has 0 fully saturated rings. The number of ketones is 1. The zero-order chi connectivity index (χ0) is 14.7. The molecule has 0 saturated heterocycles. The normalized spacial score (nSPS) is 10.7. The average Bonchev–Trinajstić information content (AvgIpc) is 2.37. The Kier molecular flexibility index (Phi) is 4.61. The molecule has 2 aromatic carbocycles. The number of benzene rings is 2. The van der Waals surface area contributed by atoms with Gasteiger partial charge < -0.3 is 4.74 Å². The number of halogens is 1. The summed E-state index contributed by atoms with van der Waals surface area (Å²) < 4.78 is 6.44. The van der Waals surface area contributed by atoms with Crippen molar-refractivity contribution in [3.63, 3.8) is 0 Å². The lowest BCUT2D eigenvalue weighted by atomic mass is 10.0. The molecule has 3 heteroatoms. The lowest BCUT2D eigenvalue weighted by Crippen LogP contribution is -2.07. The molecule has 0 bridgehead atoms. The van der Waals surface area contributed by atoms with Crippen LogP contribution in [0.25, 0.3) is 0 Å². The van der Waals surface area contributed by atoms with Crippen LogP contribution in [0.4, 0.5) is 0 Å². The van der Waals surface area contributed by atoms with Gasteiger partial charge in [-0.15, -0.1) is 0 Å². The molecule has 0 aliphatic rings. The molecule has 0 saturated carbocycles. The summed E-state index contributed by atoms with van der Waals surface area (Å²) in [7, 11) is 0. The summed E-state index contributed by atoms with van der Waals surface area (Å²) >= 11 is 3.45. The second kappa shape index (κ2) is 6.23. The third-order valence-electron chi connectivity index (χ3n) is 2.84. The molecule has 2 nitrogen and oxygen atoms in total. The highest BCUT2D eigenvalue weighted by Crippen LogP contribution is 2.23. The maximum Gasteiger partial charge on any atom is 0.194 e. The molecule has 0 N–H and O–H groups in total. The molecule has 0 aliphatic heterocycles. The standard InChI is InChI=1S/C17H17BrO2/c1-11(2)20-14-6-4-5-13(10-14)17(19)15-8-7-12(3)9-16(15)18/h4-11H,1-3H3. The predicted molar refractivity (Wildman–Crippen MR) is 84.5 cm³/mol. The summed E-state index contributed by atoms with van der Waals surface area (Å²) in [6.07, 6.45) is 0.0893. The third-order valence-corrected chi connectivity index (χ3v) is 3.49. The van der Waals surface area contributed by atoms with E-state index >= 15 is 0 Å². The summed E-state index contributed by atoms with van der Waals surface area (Å²) in [5.74, 6) is 0.708. The van der Waals surface area contributed by atoms with Gasteiger partial charge in [0.25, 0.3) is 0 Å². The molecule has 0 radical (unpaired) electrons. The Hall–Kier alpha value is -1.61. The van der Waals surface area contributed by atoms with E-state index in [1.165, 1.54) is 0 Å². The average molecular weight is 333 g/mol. The van der Waals surface area contributed by atoms with Gasteiger partial charge in [-0.05, 0) is 50.6 Å². The van der Waals surface area contributed by atoms with E-state index < -0.39 is 0 Å². The summed E-state index contributed by atoms with van der Waals surface area (Å²) in [6, 6.07) is 13.0. The van der Waals surface area contributed by atoms with Crippen LogP contribution < -0.4 is 4.74 Å². The second-order valence-electron chi connectivity index (χ2n) is 5.01. The minimum absolute atomic E-state index is 0.00826. The molecule has 2 rings (SSSR count). The molecule has 0 aromatic heterocycles. The van der Waals surface area contributed by atoms with Crippen LogP contribution in [0, 0.1) is 6.92 Å². The molecule has 0 spiro atoms. The molecule has 104 valence electrons. The number of carbonyl (C=O) groups excluding carboxylic acids is 1. The van der Waals surface area contributed by atoms with Gasteiger partial charge in [-0.3, -0.25) is 4.79 Å². The van der Waals surface area contributed by atoms with Gasteiger partial charge in [-0.2, -0.15) is 0 Å². The number of carbonyl (C=O) groups is 1. The van der Waals surface area contributed by atoms with Crippen molar-refractivity contribution in [1.82, 2.24) is 0 Å². The summed E-state index contributed by atoms with van der Waals surface area (Å²) in [6.45, 7) is 5.92. The maximum absolute atomic E-state index is 12.5. The van der Waals surface area contributed by atoms with E-state index in [4.69, 9.17) is 4.74 Å². The van der Waals surface area contributed by atoms with Gasteiger partial charge >= 0.3 is 0 Å². The Morgan fingerprint density at radius 1 is 1.15 bits per heavy atom. The minimum Gasteiger partial charge on any atom is -0.491 e. The number of hydrogen-bond donors (Lipinski definition) is 0. The van der Waals surface area contributed by atoms with Gasteiger partial charge in [-0.1, -0.05) is 34.1 Å². The van der Waals surface area contributed by atoms with Crippen LogP contribution in [-0.2, 0) is 0 Å². The van der Waals surface area contributed by atoms with Crippen molar-refractivity contribution in [2.45, 2.75) is 26.9 Å². The van der Waals surface area contributed by atoms with Crippen LogP contribution in [0.15, 0.2) is 46.9 Å². The molecule has 0 amide bonds.